The number of fused-ring (bicyclic) bond motifs is 1. The number of amides is 1. The highest BCUT2D eigenvalue weighted by atomic mass is 35.5. The number of thiazole rings is 1. The molecule has 0 radical (unpaired) electrons. The Morgan fingerprint density at radius 3 is 2.92 bits per heavy atom. The second kappa shape index (κ2) is 9.87. The van der Waals surface area contributed by atoms with E-state index in [1.807, 2.05) is 36.7 Å². The molecule has 1 aliphatic rings. The summed E-state index contributed by atoms with van der Waals surface area (Å²) in [6, 6.07) is 5.50. The number of carbonyl (C=O) groups is 1. The van der Waals surface area contributed by atoms with Crippen molar-refractivity contribution in [2.24, 2.45) is 0 Å². The van der Waals surface area contributed by atoms with Crippen molar-refractivity contribution in [2.45, 2.75) is 39.3 Å². The summed E-state index contributed by atoms with van der Waals surface area (Å²) in [5.74, 6) is 0.824. The number of likely N-dealkylation sites (tertiary alicyclic amines) is 1. The van der Waals surface area contributed by atoms with Gasteiger partial charge in [-0.25, -0.2) is 19.6 Å². The number of aryl methyl sites for hydroxylation is 2. The molecule has 4 heterocycles. The zero-order valence-electron chi connectivity index (χ0n) is 20.1. The van der Waals surface area contributed by atoms with E-state index >= 15 is 0 Å². The smallest absolute Gasteiger partial charge is 0.246 e. The molecule has 1 atom stereocenters. The first kappa shape index (κ1) is 24.2. The Balaban J connectivity index is 1.47. The number of hydrogen-bond acceptors (Lipinski definition) is 8. The number of nitrogen functional groups attached to an aromatic ring is 1. The fraction of sp³-hybridized carbons (Fsp3) is 0.320. The van der Waals surface area contributed by atoms with Crippen LogP contribution in [0.2, 0.25) is 5.02 Å². The third-order valence-corrected chi connectivity index (χ3v) is 7.65. The first-order valence-corrected chi connectivity index (χ1v) is 12.8. The van der Waals surface area contributed by atoms with Gasteiger partial charge in [0.15, 0.2) is 5.65 Å². The number of halogens is 1. The fourth-order valence-electron chi connectivity index (χ4n) is 4.55. The zero-order valence-corrected chi connectivity index (χ0v) is 21.6. The van der Waals surface area contributed by atoms with Gasteiger partial charge in [-0.1, -0.05) is 18.2 Å². The molecule has 0 aliphatic carbocycles. The quantitative estimate of drug-likeness (QED) is 0.363. The molecule has 1 fully saturated rings. The summed E-state index contributed by atoms with van der Waals surface area (Å²) < 4.78 is 7.84. The largest absolute Gasteiger partial charge is 0.486 e. The maximum Gasteiger partial charge on any atom is 0.246 e. The van der Waals surface area contributed by atoms with Crippen LogP contribution >= 0.6 is 22.9 Å². The molecule has 5 rings (SSSR count). The first-order chi connectivity index (χ1) is 17.4. The molecule has 11 heteroatoms. The number of nitrogens with zero attached hydrogens (tertiary/aromatic N) is 6. The Labute approximate surface area is 217 Å². The second-order valence-electron chi connectivity index (χ2n) is 8.71. The summed E-state index contributed by atoms with van der Waals surface area (Å²) in [6.07, 6.45) is 4.50. The minimum Gasteiger partial charge on any atom is -0.486 e. The van der Waals surface area contributed by atoms with Crippen LogP contribution in [0, 0.1) is 13.8 Å². The van der Waals surface area contributed by atoms with Crippen molar-refractivity contribution in [3.8, 4) is 17.0 Å². The maximum atomic E-state index is 12.2. The van der Waals surface area contributed by atoms with Crippen LogP contribution in [0.25, 0.3) is 22.3 Å². The van der Waals surface area contributed by atoms with Crippen molar-refractivity contribution in [3.63, 3.8) is 0 Å². The number of carbonyl (C=O) groups excluding carboxylic acids is 1. The van der Waals surface area contributed by atoms with Crippen molar-refractivity contribution >= 4 is 45.7 Å². The topological polar surface area (TPSA) is 112 Å². The number of hydrogen-bond donors (Lipinski definition) is 1. The van der Waals surface area contributed by atoms with Crippen LogP contribution in [-0.2, 0) is 11.4 Å². The van der Waals surface area contributed by atoms with Crippen molar-refractivity contribution in [1.29, 1.82) is 0 Å². The lowest BCUT2D eigenvalue weighted by Gasteiger charge is -2.32. The van der Waals surface area contributed by atoms with Crippen LogP contribution in [0.15, 0.2) is 37.2 Å². The molecule has 1 aromatic carbocycles. The third-order valence-electron chi connectivity index (χ3n) is 6.31. The highest BCUT2D eigenvalue weighted by Crippen LogP contribution is 2.37. The summed E-state index contributed by atoms with van der Waals surface area (Å²) in [5.41, 5.74) is 9.29. The van der Waals surface area contributed by atoms with Crippen LogP contribution in [0.4, 0.5) is 5.82 Å². The standard InChI is InChI=1S/C25H26ClN7O2S/c1-4-21(34)32-9-5-6-17(11-32)33-25-22(24(27)28-13-29-25)23(31-33)16-7-8-19(18(26)10-16)35-12-20-14(2)30-15(3)36-20/h4,7-8,10,13,17H,1,5-6,9,11-12H2,2-3H3,(H2,27,28,29)/t17-/m1/s1. The second-order valence-corrected chi connectivity index (χ2v) is 10.4. The number of nitrogens with two attached hydrogens (primary N) is 1. The molecular weight excluding hydrogens is 498 g/mol. The minimum absolute atomic E-state index is 0.0441. The predicted molar refractivity (Wildman–Crippen MR) is 141 cm³/mol. The van der Waals surface area contributed by atoms with E-state index in [9.17, 15) is 4.79 Å². The summed E-state index contributed by atoms with van der Waals surface area (Å²) in [6.45, 7) is 9.18. The molecule has 1 saturated heterocycles. The molecule has 0 spiro atoms. The van der Waals surface area contributed by atoms with Crippen molar-refractivity contribution in [3.05, 3.63) is 57.8 Å². The van der Waals surface area contributed by atoms with Gasteiger partial charge in [0.1, 0.15) is 30.2 Å². The SMILES string of the molecule is C=CC(=O)N1CCC[C@@H](n2nc(-c3ccc(OCc4sc(C)nc4C)c(Cl)c3)c3c(N)ncnc32)C1. The Bertz CT molecular complexity index is 1460. The van der Waals surface area contributed by atoms with Crippen molar-refractivity contribution < 1.29 is 9.53 Å². The molecule has 186 valence electrons. The molecule has 1 aliphatic heterocycles. The summed E-state index contributed by atoms with van der Waals surface area (Å²) in [7, 11) is 0. The van der Waals surface area contributed by atoms with Crippen molar-refractivity contribution in [2.75, 3.05) is 18.8 Å². The number of benzene rings is 1. The lowest BCUT2D eigenvalue weighted by Crippen LogP contribution is -2.40. The molecule has 0 unspecified atom stereocenters. The number of anilines is 1. The van der Waals surface area contributed by atoms with E-state index in [0.717, 1.165) is 34.0 Å². The summed E-state index contributed by atoms with van der Waals surface area (Å²) >= 11 is 8.23. The minimum atomic E-state index is -0.0865. The zero-order chi connectivity index (χ0) is 25.4. The number of rotatable bonds is 6. The van der Waals surface area contributed by atoms with Crippen LogP contribution in [0.1, 0.15) is 34.5 Å². The lowest BCUT2D eigenvalue weighted by molar-refractivity contribution is -0.127. The first-order valence-electron chi connectivity index (χ1n) is 11.6. The van der Waals surface area contributed by atoms with Crippen LogP contribution in [0.5, 0.6) is 5.75 Å². The van der Waals surface area contributed by atoms with Gasteiger partial charge in [0.2, 0.25) is 5.91 Å². The molecule has 0 saturated carbocycles. The molecule has 36 heavy (non-hydrogen) atoms. The summed E-state index contributed by atoms with van der Waals surface area (Å²) in [5, 5.41) is 7.03. The molecule has 3 aromatic heterocycles. The third kappa shape index (κ3) is 4.54. The van der Waals surface area contributed by atoms with E-state index < -0.39 is 0 Å². The molecule has 9 nitrogen and oxygen atoms in total. The average molecular weight is 524 g/mol. The Morgan fingerprint density at radius 1 is 1.36 bits per heavy atom. The number of piperidine rings is 1. The molecular formula is C25H26ClN7O2S. The molecule has 1 amide bonds. The van der Waals surface area contributed by atoms with Gasteiger partial charge in [-0.05, 0) is 51.0 Å². The van der Waals surface area contributed by atoms with Gasteiger partial charge in [-0.3, -0.25) is 4.79 Å². The summed E-state index contributed by atoms with van der Waals surface area (Å²) in [4.78, 5) is 28.2. The van der Waals surface area contributed by atoms with E-state index in [0.29, 0.717) is 53.0 Å². The van der Waals surface area contributed by atoms with Gasteiger partial charge in [0, 0.05) is 18.7 Å². The van der Waals surface area contributed by atoms with E-state index in [1.165, 1.54) is 12.4 Å². The molecule has 2 N–H and O–H groups in total. The van der Waals surface area contributed by atoms with E-state index in [-0.39, 0.29) is 11.9 Å². The van der Waals surface area contributed by atoms with Gasteiger partial charge in [0.25, 0.3) is 0 Å². The Kier molecular flexibility index (Phi) is 6.63. The van der Waals surface area contributed by atoms with E-state index in [1.54, 1.807) is 16.2 Å². The predicted octanol–water partition coefficient (Wildman–Crippen LogP) is 4.73. The molecule has 4 aromatic rings. The number of ether oxygens (including phenoxy) is 1. The van der Waals surface area contributed by atoms with E-state index in [2.05, 4.69) is 21.5 Å². The highest BCUT2D eigenvalue weighted by molar-refractivity contribution is 7.11. The van der Waals surface area contributed by atoms with Crippen LogP contribution in [-0.4, -0.2) is 48.6 Å². The highest BCUT2D eigenvalue weighted by Gasteiger charge is 2.28. The van der Waals surface area contributed by atoms with Gasteiger partial charge in [0.05, 0.1) is 32.0 Å². The monoisotopic (exact) mass is 523 g/mol. The van der Waals surface area contributed by atoms with Gasteiger partial charge >= 0.3 is 0 Å². The van der Waals surface area contributed by atoms with Gasteiger partial charge in [-0.2, -0.15) is 5.10 Å². The Hall–Kier alpha value is -3.50. The normalized spacial score (nSPS) is 15.9. The van der Waals surface area contributed by atoms with Crippen LogP contribution < -0.4 is 10.5 Å². The average Bonchev–Trinajstić information content (AvgIpc) is 3.42. The van der Waals surface area contributed by atoms with Gasteiger partial charge < -0.3 is 15.4 Å². The van der Waals surface area contributed by atoms with Crippen LogP contribution in [0.3, 0.4) is 0 Å². The lowest BCUT2D eigenvalue weighted by atomic mass is 10.1. The van der Waals surface area contributed by atoms with E-state index in [4.69, 9.17) is 27.2 Å². The fourth-order valence-corrected chi connectivity index (χ4v) is 5.64. The maximum absolute atomic E-state index is 12.2. The number of aromatic nitrogens is 5. The van der Waals surface area contributed by atoms with Crippen molar-refractivity contribution in [1.82, 2.24) is 29.6 Å². The molecule has 0 bridgehead atoms. The van der Waals surface area contributed by atoms with Gasteiger partial charge in [-0.15, -0.1) is 11.3 Å². The Morgan fingerprint density at radius 2 is 2.19 bits per heavy atom.